The quantitative estimate of drug-likeness (QED) is 0.781. The molecule has 1 N–H and O–H groups in total. The molecule has 0 radical (unpaired) electrons. The highest BCUT2D eigenvalue weighted by Gasteiger charge is 2.09. The van der Waals surface area contributed by atoms with E-state index < -0.39 is 0 Å². The first-order valence-electron chi connectivity index (χ1n) is 6.41. The summed E-state index contributed by atoms with van der Waals surface area (Å²) in [6, 6.07) is 5.85. The molecule has 104 valence electrons. The summed E-state index contributed by atoms with van der Waals surface area (Å²) in [5.74, 6) is 1.73. The lowest BCUT2D eigenvalue weighted by Crippen LogP contribution is -1.90. The van der Waals surface area contributed by atoms with Gasteiger partial charge in [-0.15, -0.1) is 0 Å². The highest BCUT2D eigenvalue weighted by Crippen LogP contribution is 2.29. The van der Waals surface area contributed by atoms with Gasteiger partial charge in [0, 0.05) is 12.5 Å². The van der Waals surface area contributed by atoms with Crippen LogP contribution in [-0.4, -0.2) is 25.9 Å². The number of H-pyrrole nitrogens is 1. The van der Waals surface area contributed by atoms with E-state index in [9.17, 15) is 0 Å². The molecule has 0 spiro atoms. The van der Waals surface area contributed by atoms with Crippen LogP contribution in [0, 0.1) is 0 Å². The van der Waals surface area contributed by atoms with E-state index in [1.807, 2.05) is 32.0 Å². The van der Waals surface area contributed by atoms with E-state index >= 15 is 0 Å². The van der Waals surface area contributed by atoms with Crippen LogP contribution in [0.3, 0.4) is 0 Å². The number of fused-ring (bicyclic) bond motifs is 1. The summed E-state index contributed by atoms with van der Waals surface area (Å²) in [6.45, 7) is 4.68. The van der Waals surface area contributed by atoms with Crippen LogP contribution < -0.4 is 4.74 Å². The second-order valence-electron chi connectivity index (χ2n) is 4.09. The molecule has 3 rings (SSSR count). The largest absolute Gasteiger partial charge is 0.494 e. The van der Waals surface area contributed by atoms with Crippen molar-refractivity contribution in [2.75, 3.05) is 6.61 Å². The summed E-state index contributed by atoms with van der Waals surface area (Å²) in [5.41, 5.74) is 1.90. The molecule has 20 heavy (non-hydrogen) atoms. The Hall–Kier alpha value is -1.60. The zero-order chi connectivity index (χ0) is 13.9. The summed E-state index contributed by atoms with van der Waals surface area (Å²) < 4.78 is 10.7. The van der Waals surface area contributed by atoms with E-state index in [0.717, 1.165) is 38.5 Å². The minimum atomic E-state index is 0.659. The predicted molar refractivity (Wildman–Crippen MR) is 80.7 cm³/mol. The number of hydrogen-bond donors (Lipinski definition) is 1. The van der Waals surface area contributed by atoms with Gasteiger partial charge in [0.15, 0.2) is 9.50 Å². The van der Waals surface area contributed by atoms with Gasteiger partial charge in [-0.05, 0) is 42.4 Å². The second-order valence-corrected chi connectivity index (χ2v) is 6.07. The maximum atomic E-state index is 5.48. The van der Waals surface area contributed by atoms with Crippen LogP contribution in [0.1, 0.15) is 19.7 Å². The molecule has 3 aromatic rings. The van der Waals surface area contributed by atoms with Gasteiger partial charge in [0.2, 0.25) is 0 Å². The fourth-order valence-corrected chi connectivity index (χ4v) is 3.39. The fraction of sp³-hybridized carbons (Fsp3) is 0.308. The molecule has 1 aromatic carbocycles. The molecular weight excluding hydrogens is 292 g/mol. The number of aromatic amines is 1. The van der Waals surface area contributed by atoms with Crippen molar-refractivity contribution < 1.29 is 4.74 Å². The lowest BCUT2D eigenvalue weighted by atomic mass is 10.3. The number of rotatable bonds is 5. The number of benzene rings is 1. The molecule has 0 saturated carbocycles. The maximum Gasteiger partial charge on any atom is 0.177 e. The van der Waals surface area contributed by atoms with Crippen LogP contribution in [-0.2, 0) is 6.42 Å². The molecule has 0 fully saturated rings. The van der Waals surface area contributed by atoms with E-state index in [-0.39, 0.29) is 0 Å². The molecule has 2 aromatic heterocycles. The topological polar surface area (TPSA) is 63.7 Å². The van der Waals surface area contributed by atoms with Crippen LogP contribution in [0.2, 0.25) is 0 Å². The third-order valence-electron chi connectivity index (χ3n) is 2.69. The van der Waals surface area contributed by atoms with Crippen molar-refractivity contribution in [2.45, 2.75) is 29.8 Å². The van der Waals surface area contributed by atoms with E-state index in [2.05, 4.69) is 19.3 Å². The zero-order valence-corrected chi connectivity index (χ0v) is 12.8. The lowest BCUT2D eigenvalue weighted by molar-refractivity contribution is 0.340. The average molecular weight is 306 g/mol. The summed E-state index contributed by atoms with van der Waals surface area (Å²) in [4.78, 5) is 12.2. The molecule has 0 amide bonds. The zero-order valence-electron chi connectivity index (χ0n) is 11.2. The Kier molecular flexibility index (Phi) is 3.88. The molecule has 0 bridgehead atoms. The van der Waals surface area contributed by atoms with Gasteiger partial charge in [-0.1, -0.05) is 6.92 Å². The first-order chi connectivity index (χ1) is 9.78. The van der Waals surface area contributed by atoms with Gasteiger partial charge in [-0.25, -0.2) is 9.97 Å². The molecular formula is C13H14N4OS2. The Morgan fingerprint density at radius 3 is 2.95 bits per heavy atom. The molecule has 0 saturated heterocycles. The summed E-state index contributed by atoms with van der Waals surface area (Å²) in [7, 11) is 0. The maximum absolute atomic E-state index is 5.48. The molecule has 7 heteroatoms. The fourth-order valence-electron chi connectivity index (χ4n) is 1.78. The third kappa shape index (κ3) is 2.78. The molecule has 0 atom stereocenters. The van der Waals surface area contributed by atoms with Crippen molar-refractivity contribution in [2.24, 2.45) is 0 Å². The normalized spacial score (nSPS) is 11.1. The van der Waals surface area contributed by atoms with Gasteiger partial charge in [0.25, 0.3) is 0 Å². The average Bonchev–Trinajstić information content (AvgIpc) is 3.05. The second kappa shape index (κ2) is 5.80. The van der Waals surface area contributed by atoms with E-state index in [0.29, 0.717) is 6.61 Å². The van der Waals surface area contributed by atoms with Gasteiger partial charge in [0.1, 0.15) is 11.6 Å². The Morgan fingerprint density at radius 2 is 2.20 bits per heavy atom. The number of nitrogens with zero attached hydrogens (tertiary/aromatic N) is 3. The van der Waals surface area contributed by atoms with Crippen LogP contribution in [0.25, 0.3) is 11.0 Å². The van der Waals surface area contributed by atoms with Crippen molar-refractivity contribution in [1.29, 1.82) is 0 Å². The number of aryl methyl sites for hydroxylation is 1. The Labute approximate surface area is 125 Å². The van der Waals surface area contributed by atoms with Crippen LogP contribution in [0.5, 0.6) is 5.75 Å². The minimum Gasteiger partial charge on any atom is -0.494 e. The van der Waals surface area contributed by atoms with E-state index in [1.54, 1.807) is 0 Å². The highest BCUT2D eigenvalue weighted by atomic mass is 32.2. The Bertz CT molecular complexity index is 722. The molecule has 2 heterocycles. The third-order valence-corrected chi connectivity index (χ3v) is 4.37. The minimum absolute atomic E-state index is 0.659. The monoisotopic (exact) mass is 306 g/mol. The summed E-state index contributed by atoms with van der Waals surface area (Å²) in [6.07, 6.45) is 0.856. The van der Waals surface area contributed by atoms with E-state index in [1.165, 1.54) is 23.3 Å². The number of imidazole rings is 1. The van der Waals surface area contributed by atoms with Gasteiger partial charge < -0.3 is 9.72 Å². The van der Waals surface area contributed by atoms with E-state index in [4.69, 9.17) is 4.74 Å². The predicted octanol–water partition coefficient (Wildman–Crippen LogP) is 3.53. The molecule has 0 aliphatic carbocycles. The molecule has 5 nitrogen and oxygen atoms in total. The Balaban J connectivity index is 1.84. The highest BCUT2D eigenvalue weighted by molar-refractivity contribution is 8.00. The van der Waals surface area contributed by atoms with Gasteiger partial charge in [0.05, 0.1) is 17.6 Å². The van der Waals surface area contributed by atoms with Crippen molar-refractivity contribution >= 4 is 34.3 Å². The first kappa shape index (κ1) is 13.4. The smallest absolute Gasteiger partial charge is 0.177 e. The number of ether oxygens (including phenoxy) is 1. The number of aromatic nitrogens is 4. The van der Waals surface area contributed by atoms with Gasteiger partial charge in [-0.2, -0.15) is 4.37 Å². The lowest BCUT2D eigenvalue weighted by Gasteiger charge is -2.00. The van der Waals surface area contributed by atoms with Crippen LogP contribution >= 0.6 is 23.3 Å². The standard InChI is InChI=1S/C13H14N4OS2/c1-3-11-16-13(20-17-11)19-12-14-9-6-5-8(18-4-2)7-10(9)15-12/h5-7H,3-4H2,1-2H3,(H,14,15). The number of nitrogens with one attached hydrogen (secondary N) is 1. The van der Waals surface area contributed by atoms with Gasteiger partial charge >= 0.3 is 0 Å². The molecule has 0 unspecified atom stereocenters. The van der Waals surface area contributed by atoms with Crippen molar-refractivity contribution in [3.8, 4) is 5.75 Å². The number of hydrogen-bond acceptors (Lipinski definition) is 6. The van der Waals surface area contributed by atoms with Crippen LogP contribution in [0.4, 0.5) is 0 Å². The first-order valence-corrected chi connectivity index (χ1v) is 8.00. The summed E-state index contributed by atoms with van der Waals surface area (Å²) >= 11 is 2.91. The van der Waals surface area contributed by atoms with Gasteiger partial charge in [-0.3, -0.25) is 0 Å². The van der Waals surface area contributed by atoms with Crippen molar-refractivity contribution in [1.82, 2.24) is 19.3 Å². The van der Waals surface area contributed by atoms with Crippen LogP contribution in [0.15, 0.2) is 27.7 Å². The van der Waals surface area contributed by atoms with Crippen molar-refractivity contribution in [3.05, 3.63) is 24.0 Å². The molecule has 0 aliphatic heterocycles. The molecule has 0 aliphatic rings. The summed E-state index contributed by atoms with van der Waals surface area (Å²) in [5, 5.41) is 0.826. The van der Waals surface area contributed by atoms with Crippen molar-refractivity contribution in [3.63, 3.8) is 0 Å². The Morgan fingerprint density at radius 1 is 1.30 bits per heavy atom. The SMILES string of the molecule is CCOc1ccc2nc(Sc3nc(CC)ns3)[nH]c2c1.